The van der Waals surface area contributed by atoms with Gasteiger partial charge in [0.25, 0.3) is 5.91 Å². The zero-order valence-corrected chi connectivity index (χ0v) is 16.8. The number of esters is 1. The van der Waals surface area contributed by atoms with E-state index in [1.54, 1.807) is 4.90 Å². The van der Waals surface area contributed by atoms with E-state index >= 15 is 0 Å². The van der Waals surface area contributed by atoms with Crippen LogP contribution in [-0.4, -0.2) is 36.5 Å². The zero-order chi connectivity index (χ0) is 20.9. The second kappa shape index (κ2) is 8.82. The van der Waals surface area contributed by atoms with Gasteiger partial charge in [0, 0.05) is 18.5 Å². The van der Waals surface area contributed by atoms with E-state index in [0.717, 1.165) is 22.3 Å². The van der Waals surface area contributed by atoms with Crippen molar-refractivity contribution < 1.29 is 19.1 Å². The number of rotatable bonds is 5. The molecule has 0 aliphatic carbocycles. The van der Waals surface area contributed by atoms with Gasteiger partial charge in [-0.3, -0.25) is 4.79 Å². The van der Waals surface area contributed by atoms with Gasteiger partial charge in [0.2, 0.25) is 0 Å². The smallest absolute Gasteiger partial charge is 0.328 e. The topological polar surface area (TPSA) is 55.8 Å². The highest BCUT2D eigenvalue weighted by atomic mass is 16.5. The molecule has 0 N–H and O–H groups in total. The fraction of sp³-hybridized carbons (Fsp3) is 0.200. The molecule has 5 heteroatoms. The van der Waals surface area contributed by atoms with E-state index in [0.29, 0.717) is 18.7 Å². The maximum Gasteiger partial charge on any atom is 0.328 e. The van der Waals surface area contributed by atoms with Crippen LogP contribution in [0.15, 0.2) is 78.9 Å². The second-order valence-corrected chi connectivity index (χ2v) is 7.18. The molecule has 5 nitrogen and oxygen atoms in total. The number of ether oxygens (including phenoxy) is 2. The summed E-state index contributed by atoms with van der Waals surface area (Å²) in [6.07, 6.45) is 0.440. The molecule has 1 heterocycles. The van der Waals surface area contributed by atoms with Gasteiger partial charge in [-0.05, 0) is 22.8 Å². The van der Waals surface area contributed by atoms with E-state index in [1.807, 2.05) is 78.9 Å². The van der Waals surface area contributed by atoms with Gasteiger partial charge in [0.15, 0.2) is 6.61 Å². The number of hydrogen-bond donors (Lipinski definition) is 0. The minimum absolute atomic E-state index is 0.153. The molecular formula is C25H23NO4. The van der Waals surface area contributed by atoms with Crippen molar-refractivity contribution in [2.45, 2.75) is 19.0 Å². The molecule has 1 aliphatic rings. The van der Waals surface area contributed by atoms with E-state index < -0.39 is 12.0 Å². The lowest BCUT2D eigenvalue weighted by atomic mass is 9.94. The van der Waals surface area contributed by atoms with E-state index in [4.69, 9.17) is 9.47 Å². The van der Waals surface area contributed by atoms with Gasteiger partial charge in [0.05, 0.1) is 7.11 Å². The second-order valence-electron chi connectivity index (χ2n) is 7.18. The van der Waals surface area contributed by atoms with E-state index in [-0.39, 0.29) is 12.5 Å². The van der Waals surface area contributed by atoms with Crippen molar-refractivity contribution in [3.63, 3.8) is 0 Å². The molecule has 0 fully saturated rings. The fourth-order valence-corrected chi connectivity index (χ4v) is 3.80. The SMILES string of the molecule is COC(=O)C1Cc2ccccc2CN1C(=O)COc1ccccc1-c1ccccc1. The van der Waals surface area contributed by atoms with Gasteiger partial charge in [-0.15, -0.1) is 0 Å². The van der Waals surface area contributed by atoms with Crippen LogP contribution in [-0.2, 0) is 27.3 Å². The molecular weight excluding hydrogens is 378 g/mol. The number of hydrogen-bond acceptors (Lipinski definition) is 4. The van der Waals surface area contributed by atoms with Crippen LogP contribution in [0.1, 0.15) is 11.1 Å². The van der Waals surface area contributed by atoms with E-state index in [1.165, 1.54) is 7.11 Å². The summed E-state index contributed by atoms with van der Waals surface area (Å²) in [4.78, 5) is 27.0. The Kier molecular flexibility index (Phi) is 5.80. The van der Waals surface area contributed by atoms with Gasteiger partial charge in [-0.1, -0.05) is 72.8 Å². The van der Waals surface area contributed by atoms with Crippen molar-refractivity contribution in [1.29, 1.82) is 0 Å². The number of amides is 1. The van der Waals surface area contributed by atoms with Crippen molar-refractivity contribution >= 4 is 11.9 Å². The molecule has 1 unspecified atom stereocenters. The lowest BCUT2D eigenvalue weighted by Gasteiger charge is -2.35. The summed E-state index contributed by atoms with van der Waals surface area (Å²) in [7, 11) is 1.35. The monoisotopic (exact) mass is 401 g/mol. The lowest BCUT2D eigenvalue weighted by Crippen LogP contribution is -2.50. The first-order valence-corrected chi connectivity index (χ1v) is 9.88. The maximum absolute atomic E-state index is 13.1. The average Bonchev–Trinajstić information content (AvgIpc) is 2.82. The Balaban J connectivity index is 1.53. The van der Waals surface area contributed by atoms with E-state index in [2.05, 4.69) is 0 Å². The van der Waals surface area contributed by atoms with Crippen molar-refractivity contribution in [2.24, 2.45) is 0 Å². The third-order valence-corrected chi connectivity index (χ3v) is 5.37. The van der Waals surface area contributed by atoms with Crippen LogP contribution >= 0.6 is 0 Å². The minimum Gasteiger partial charge on any atom is -0.483 e. The summed E-state index contributed by atoms with van der Waals surface area (Å²) in [6.45, 7) is 0.206. The number of para-hydroxylation sites is 1. The predicted molar refractivity (Wildman–Crippen MR) is 114 cm³/mol. The van der Waals surface area contributed by atoms with Crippen molar-refractivity contribution in [3.05, 3.63) is 90.0 Å². The van der Waals surface area contributed by atoms with Crippen LogP contribution in [0.2, 0.25) is 0 Å². The Hall–Kier alpha value is -3.60. The highest BCUT2D eigenvalue weighted by Crippen LogP contribution is 2.30. The molecule has 3 aromatic rings. The Labute approximate surface area is 175 Å². The first-order chi connectivity index (χ1) is 14.7. The highest BCUT2D eigenvalue weighted by molar-refractivity contribution is 5.86. The third kappa shape index (κ3) is 4.06. The van der Waals surface area contributed by atoms with Gasteiger partial charge < -0.3 is 14.4 Å². The first-order valence-electron chi connectivity index (χ1n) is 9.88. The quantitative estimate of drug-likeness (QED) is 0.609. The Bertz CT molecular complexity index is 1050. The van der Waals surface area contributed by atoms with Gasteiger partial charge in [-0.25, -0.2) is 4.79 Å². The van der Waals surface area contributed by atoms with Gasteiger partial charge in [-0.2, -0.15) is 0 Å². The van der Waals surface area contributed by atoms with Crippen LogP contribution < -0.4 is 4.74 Å². The molecule has 0 aromatic heterocycles. The summed E-state index contributed by atoms with van der Waals surface area (Å²) in [6, 6.07) is 24.7. The highest BCUT2D eigenvalue weighted by Gasteiger charge is 2.35. The van der Waals surface area contributed by atoms with Crippen molar-refractivity contribution in [2.75, 3.05) is 13.7 Å². The zero-order valence-electron chi connectivity index (χ0n) is 16.8. The number of benzene rings is 3. The largest absolute Gasteiger partial charge is 0.483 e. The molecule has 152 valence electrons. The molecule has 4 rings (SSSR count). The molecule has 0 saturated heterocycles. The summed E-state index contributed by atoms with van der Waals surface area (Å²) < 4.78 is 10.9. The number of methoxy groups -OCH3 is 1. The van der Waals surface area contributed by atoms with Crippen LogP contribution in [0.4, 0.5) is 0 Å². The van der Waals surface area contributed by atoms with Crippen molar-refractivity contribution in [3.8, 4) is 16.9 Å². The van der Waals surface area contributed by atoms with Crippen molar-refractivity contribution in [1.82, 2.24) is 4.90 Å². The Morgan fingerprint density at radius 1 is 0.900 bits per heavy atom. The van der Waals surface area contributed by atoms with Crippen LogP contribution in [0.3, 0.4) is 0 Å². The Morgan fingerprint density at radius 2 is 1.57 bits per heavy atom. The summed E-state index contributed by atoms with van der Waals surface area (Å²) in [5, 5.41) is 0. The molecule has 0 saturated carbocycles. The van der Waals surface area contributed by atoms with E-state index in [9.17, 15) is 9.59 Å². The molecule has 0 radical (unpaired) electrons. The number of carbonyl (C=O) groups is 2. The summed E-state index contributed by atoms with van der Waals surface area (Å²) in [5.41, 5.74) is 4.03. The molecule has 30 heavy (non-hydrogen) atoms. The number of carbonyl (C=O) groups excluding carboxylic acids is 2. The van der Waals surface area contributed by atoms with Crippen LogP contribution in [0, 0.1) is 0 Å². The average molecular weight is 401 g/mol. The standard InChI is InChI=1S/C25H23NO4/c1-29-25(28)22-15-19-11-5-6-12-20(19)16-26(22)24(27)17-30-23-14-8-7-13-21(23)18-9-3-2-4-10-18/h2-14,22H,15-17H2,1H3. The predicted octanol–water partition coefficient (Wildman–Crippen LogP) is 3.86. The first kappa shape index (κ1) is 19.7. The van der Waals surface area contributed by atoms with Crippen LogP contribution in [0.25, 0.3) is 11.1 Å². The maximum atomic E-state index is 13.1. The van der Waals surface area contributed by atoms with Gasteiger partial charge >= 0.3 is 5.97 Å². The Morgan fingerprint density at radius 3 is 2.33 bits per heavy atom. The van der Waals surface area contributed by atoms with Crippen LogP contribution in [0.5, 0.6) is 5.75 Å². The number of fused-ring (bicyclic) bond motifs is 1. The summed E-state index contributed by atoms with van der Waals surface area (Å²) in [5.74, 6) is -0.0330. The van der Waals surface area contributed by atoms with Gasteiger partial charge in [0.1, 0.15) is 11.8 Å². The lowest BCUT2D eigenvalue weighted by molar-refractivity contribution is -0.154. The minimum atomic E-state index is -0.648. The molecule has 3 aromatic carbocycles. The molecule has 0 bridgehead atoms. The molecule has 1 aliphatic heterocycles. The third-order valence-electron chi connectivity index (χ3n) is 5.37. The summed E-state index contributed by atoms with van der Waals surface area (Å²) >= 11 is 0. The fourth-order valence-electron chi connectivity index (χ4n) is 3.80. The molecule has 1 atom stereocenters. The molecule has 1 amide bonds. The molecule has 0 spiro atoms. The number of nitrogens with zero attached hydrogens (tertiary/aromatic N) is 1. The normalized spacial score (nSPS) is 15.2.